The van der Waals surface area contributed by atoms with Gasteiger partial charge >= 0.3 is 5.97 Å². The number of rotatable bonds is 10. The minimum atomic E-state index is -0.891. The maximum absolute atomic E-state index is 11.1. The smallest absolute Gasteiger partial charge is 0.335 e. The van der Waals surface area contributed by atoms with Crippen molar-refractivity contribution in [3.8, 4) is 0 Å². The van der Waals surface area contributed by atoms with Crippen LogP contribution in [0.4, 0.5) is 0 Å². The second-order valence-electron chi connectivity index (χ2n) is 10.1. The van der Waals surface area contributed by atoms with Crippen LogP contribution in [0.3, 0.4) is 0 Å². The lowest BCUT2D eigenvalue weighted by Gasteiger charge is -2.32. The molecule has 0 radical (unpaired) electrons. The summed E-state index contributed by atoms with van der Waals surface area (Å²) in [6.07, 6.45) is 15.4. The third kappa shape index (κ3) is 8.48. The number of hydrogen-bond acceptors (Lipinski definition) is 5. The summed E-state index contributed by atoms with van der Waals surface area (Å²) in [6.45, 7) is 8.19. The number of aryl methyl sites for hydroxylation is 1. The molecule has 0 aliphatic carbocycles. The molecule has 0 aromatic heterocycles. The lowest BCUT2D eigenvalue weighted by Crippen LogP contribution is -2.39. The van der Waals surface area contributed by atoms with E-state index in [1.165, 1.54) is 5.57 Å². The fraction of sp³-hybridized carbons (Fsp3) is 0.552. The van der Waals surface area contributed by atoms with Gasteiger partial charge in [0.15, 0.2) is 0 Å². The van der Waals surface area contributed by atoms with Crippen LogP contribution in [0.2, 0.25) is 0 Å². The van der Waals surface area contributed by atoms with E-state index in [-0.39, 0.29) is 5.60 Å². The molecule has 0 bridgehead atoms. The van der Waals surface area contributed by atoms with Gasteiger partial charge in [-0.2, -0.15) is 0 Å². The predicted molar refractivity (Wildman–Crippen MR) is 147 cm³/mol. The molecule has 0 saturated carbocycles. The van der Waals surface area contributed by atoms with Crippen LogP contribution >= 0.6 is 11.6 Å². The summed E-state index contributed by atoms with van der Waals surface area (Å²) in [6, 6.07) is 7.64. The average Bonchev–Trinajstić information content (AvgIpc) is 3.01. The van der Waals surface area contributed by atoms with E-state index >= 15 is 0 Å². The Morgan fingerprint density at radius 2 is 2.03 bits per heavy atom. The first-order valence-corrected chi connectivity index (χ1v) is 13.6. The first kappa shape index (κ1) is 28.5. The summed E-state index contributed by atoms with van der Waals surface area (Å²) in [5.41, 5.74) is 5.61. The third-order valence-corrected chi connectivity index (χ3v) is 7.68. The van der Waals surface area contributed by atoms with Gasteiger partial charge in [0.1, 0.15) is 0 Å². The van der Waals surface area contributed by atoms with Gasteiger partial charge in [0.25, 0.3) is 0 Å². The first-order valence-electron chi connectivity index (χ1n) is 13.2. The van der Waals surface area contributed by atoms with E-state index in [1.54, 1.807) is 12.1 Å². The Balaban J connectivity index is 1.65. The molecule has 2 N–H and O–H groups in total. The Hall–Kier alpha value is -2.12. The molecule has 2 aliphatic rings. The van der Waals surface area contributed by atoms with Gasteiger partial charge in [-0.3, -0.25) is 9.74 Å². The standard InChI is InChI=1S/C29H42ClN3O3/c1-4-23(2)33-21-25(8-5-6-9-27(30)22-33)20-32-18-7-15-29(17-19-32,36-31-3)16-14-24-10-12-26(13-11-24)28(34)35/h5-6,9-13,21,23,31H,4,7-8,14-20,22H2,1-3H3,(H,34,35)/b6-5-,25-21+,27-9+. The lowest BCUT2D eigenvalue weighted by atomic mass is 9.88. The minimum Gasteiger partial charge on any atom is -0.478 e. The average molecular weight is 516 g/mol. The Morgan fingerprint density at radius 3 is 2.72 bits per heavy atom. The van der Waals surface area contributed by atoms with Gasteiger partial charge in [0.2, 0.25) is 0 Å². The number of carboxylic acids is 1. The van der Waals surface area contributed by atoms with Crippen molar-refractivity contribution in [1.82, 2.24) is 15.3 Å². The highest BCUT2D eigenvalue weighted by atomic mass is 35.5. The number of carbonyl (C=O) groups is 1. The van der Waals surface area contributed by atoms with Gasteiger partial charge in [-0.05, 0) is 87.8 Å². The quantitative estimate of drug-likeness (QED) is 0.386. The molecule has 1 aromatic carbocycles. The fourth-order valence-electron chi connectivity index (χ4n) is 5.05. The molecule has 0 amide bonds. The van der Waals surface area contributed by atoms with Crippen molar-refractivity contribution in [2.24, 2.45) is 0 Å². The van der Waals surface area contributed by atoms with E-state index in [0.717, 1.165) is 81.7 Å². The van der Waals surface area contributed by atoms with Crippen molar-refractivity contribution < 1.29 is 14.7 Å². The van der Waals surface area contributed by atoms with Crippen LogP contribution in [-0.2, 0) is 11.3 Å². The Labute approximate surface area is 221 Å². The SMILES string of the molecule is CCC(C)N1/C=C(/CN2CCCC(CCc3ccc(C(=O)O)cc3)(ONC)CC2)C/C=C\C=C(\Cl)C1. The number of hydrogen-bond donors (Lipinski definition) is 2. The lowest BCUT2D eigenvalue weighted by molar-refractivity contribution is -0.110. The Bertz CT molecular complexity index is 944. The molecular formula is C29H42ClN3O3. The number of nitrogens with one attached hydrogen (secondary N) is 1. The number of halogens is 1. The molecule has 1 fully saturated rings. The largest absolute Gasteiger partial charge is 0.478 e. The topological polar surface area (TPSA) is 65.0 Å². The highest BCUT2D eigenvalue weighted by Crippen LogP contribution is 2.31. The molecule has 198 valence electrons. The van der Waals surface area contributed by atoms with Crippen LogP contribution in [0.15, 0.2) is 59.3 Å². The van der Waals surface area contributed by atoms with E-state index in [4.69, 9.17) is 21.5 Å². The maximum atomic E-state index is 11.1. The van der Waals surface area contributed by atoms with Crippen molar-refractivity contribution >= 4 is 17.6 Å². The second-order valence-corrected chi connectivity index (χ2v) is 10.6. The maximum Gasteiger partial charge on any atom is 0.335 e. The molecule has 0 spiro atoms. The number of aromatic carboxylic acids is 1. The summed E-state index contributed by atoms with van der Waals surface area (Å²) in [7, 11) is 1.84. The van der Waals surface area contributed by atoms with Gasteiger partial charge in [-0.25, -0.2) is 10.3 Å². The normalized spacial score (nSPS) is 26.4. The molecule has 7 heteroatoms. The van der Waals surface area contributed by atoms with Gasteiger partial charge in [0, 0.05) is 37.4 Å². The number of allylic oxidation sites excluding steroid dienone is 3. The van der Waals surface area contributed by atoms with Crippen LogP contribution < -0.4 is 5.48 Å². The zero-order chi connectivity index (χ0) is 26.0. The van der Waals surface area contributed by atoms with Crippen molar-refractivity contribution in [2.45, 2.75) is 70.4 Å². The Morgan fingerprint density at radius 1 is 1.25 bits per heavy atom. The highest BCUT2D eigenvalue weighted by molar-refractivity contribution is 6.30. The highest BCUT2D eigenvalue weighted by Gasteiger charge is 2.34. The van der Waals surface area contributed by atoms with Crippen LogP contribution in [0.5, 0.6) is 0 Å². The van der Waals surface area contributed by atoms with Crippen molar-refractivity contribution in [3.05, 3.63) is 70.4 Å². The molecule has 2 unspecified atom stereocenters. The van der Waals surface area contributed by atoms with Crippen molar-refractivity contribution in [3.63, 3.8) is 0 Å². The second kappa shape index (κ2) is 14.0. The molecule has 36 heavy (non-hydrogen) atoms. The van der Waals surface area contributed by atoms with E-state index in [0.29, 0.717) is 11.6 Å². The molecule has 1 aromatic rings. The molecule has 2 atom stereocenters. The zero-order valence-corrected chi connectivity index (χ0v) is 22.8. The van der Waals surface area contributed by atoms with Gasteiger partial charge in [0.05, 0.1) is 17.7 Å². The molecule has 3 rings (SSSR count). The molecule has 1 saturated heterocycles. The molecular weight excluding hydrogens is 474 g/mol. The van der Waals surface area contributed by atoms with Crippen molar-refractivity contribution in [2.75, 3.05) is 33.2 Å². The van der Waals surface area contributed by atoms with Crippen LogP contribution in [0.25, 0.3) is 0 Å². The monoisotopic (exact) mass is 515 g/mol. The Kier molecular flexibility index (Phi) is 11.1. The number of hydroxylamine groups is 1. The summed E-state index contributed by atoms with van der Waals surface area (Å²) in [5, 5.41) is 10.0. The molecule has 6 nitrogen and oxygen atoms in total. The zero-order valence-electron chi connectivity index (χ0n) is 22.0. The van der Waals surface area contributed by atoms with E-state index in [1.807, 2.05) is 25.3 Å². The first-order chi connectivity index (χ1) is 17.3. The fourth-order valence-corrected chi connectivity index (χ4v) is 5.26. The third-order valence-electron chi connectivity index (χ3n) is 7.44. The van der Waals surface area contributed by atoms with Gasteiger partial charge < -0.3 is 10.0 Å². The summed E-state index contributed by atoms with van der Waals surface area (Å²) in [5.74, 6) is -0.891. The number of likely N-dealkylation sites (tertiary alicyclic amines) is 1. The van der Waals surface area contributed by atoms with Crippen LogP contribution in [0.1, 0.15) is 68.3 Å². The van der Waals surface area contributed by atoms with E-state index < -0.39 is 5.97 Å². The van der Waals surface area contributed by atoms with Gasteiger partial charge in [-0.1, -0.05) is 42.8 Å². The van der Waals surface area contributed by atoms with Crippen molar-refractivity contribution in [1.29, 1.82) is 0 Å². The molecule has 2 aliphatic heterocycles. The summed E-state index contributed by atoms with van der Waals surface area (Å²) >= 11 is 6.46. The van der Waals surface area contributed by atoms with E-state index in [2.05, 4.69) is 47.5 Å². The van der Waals surface area contributed by atoms with E-state index in [9.17, 15) is 4.79 Å². The number of carboxylic acid groups (broad SMARTS) is 1. The van der Waals surface area contributed by atoms with Gasteiger partial charge in [-0.15, -0.1) is 0 Å². The minimum absolute atomic E-state index is 0.234. The van der Waals surface area contributed by atoms with Crippen LogP contribution in [-0.4, -0.2) is 65.7 Å². The summed E-state index contributed by atoms with van der Waals surface area (Å²) < 4.78 is 0. The molecule has 2 heterocycles. The number of nitrogens with zero attached hydrogens (tertiary/aromatic N) is 2. The number of benzene rings is 1. The summed E-state index contributed by atoms with van der Waals surface area (Å²) in [4.78, 5) is 22.3. The predicted octanol–water partition coefficient (Wildman–Crippen LogP) is 5.76. The van der Waals surface area contributed by atoms with Crippen LogP contribution in [0, 0.1) is 0 Å².